The number of allylic oxidation sites excluding steroid dienone is 1. The summed E-state index contributed by atoms with van der Waals surface area (Å²) in [7, 11) is 1.68. The van der Waals surface area contributed by atoms with Crippen LogP contribution < -0.4 is 9.30 Å². The van der Waals surface area contributed by atoms with E-state index in [2.05, 4.69) is 16.7 Å². The fourth-order valence-corrected chi connectivity index (χ4v) is 1.64. The molecule has 1 aromatic carbocycles. The highest BCUT2D eigenvalue weighted by atomic mass is 16.5. The molecule has 0 amide bonds. The summed E-state index contributed by atoms with van der Waals surface area (Å²) in [5.74, 6) is 0.890. The van der Waals surface area contributed by atoms with Gasteiger partial charge in [-0.05, 0) is 31.2 Å². The van der Waals surface area contributed by atoms with E-state index in [4.69, 9.17) is 4.74 Å². The largest absolute Gasteiger partial charge is 0.497 e. The Hall–Kier alpha value is -1.83. The van der Waals surface area contributed by atoms with Crippen LogP contribution in [-0.2, 0) is 0 Å². The van der Waals surface area contributed by atoms with E-state index in [-0.39, 0.29) is 0 Å². The zero-order valence-corrected chi connectivity index (χ0v) is 8.97. The Labute approximate surface area is 89.4 Å². The summed E-state index contributed by atoms with van der Waals surface area (Å²) in [4.78, 5) is 0. The monoisotopic (exact) mass is 200 g/mol. The third-order valence-corrected chi connectivity index (χ3v) is 2.34. The van der Waals surface area contributed by atoms with Gasteiger partial charge in [0.1, 0.15) is 5.75 Å². The molecule has 0 saturated heterocycles. The molecular formula is C13H14NO+. The molecule has 1 aromatic heterocycles. The Balaban J connectivity index is 2.66. The first-order valence-electron chi connectivity index (χ1n) is 4.96. The van der Waals surface area contributed by atoms with Crippen LogP contribution in [0.2, 0.25) is 0 Å². The molecule has 0 atom stereocenters. The number of benzene rings is 1. The van der Waals surface area contributed by atoms with Crippen LogP contribution >= 0.6 is 0 Å². The van der Waals surface area contributed by atoms with Crippen LogP contribution in [0.1, 0.15) is 6.92 Å². The molecule has 2 rings (SSSR count). The van der Waals surface area contributed by atoms with Gasteiger partial charge in [0.05, 0.1) is 12.5 Å². The number of aromatic nitrogens is 1. The van der Waals surface area contributed by atoms with Gasteiger partial charge in [-0.3, -0.25) is 0 Å². The Bertz CT molecular complexity index is 503. The van der Waals surface area contributed by atoms with Gasteiger partial charge < -0.3 is 4.74 Å². The number of nitrogens with zero attached hydrogens (tertiary/aromatic N) is 1. The predicted molar refractivity (Wildman–Crippen MR) is 61.7 cm³/mol. The Morgan fingerprint density at radius 3 is 2.87 bits per heavy atom. The van der Waals surface area contributed by atoms with Gasteiger partial charge in [-0.15, -0.1) is 0 Å². The standard InChI is InChI=1S/C13H14NO/c1-3-8-14-9-4-5-11-10-12(15-2)6-7-13(11)14/h3-10H,1-2H3/q+1. The predicted octanol–water partition coefficient (Wildman–Crippen LogP) is 2.63. The summed E-state index contributed by atoms with van der Waals surface area (Å²) >= 11 is 0. The van der Waals surface area contributed by atoms with Crippen molar-refractivity contribution in [3.8, 4) is 5.75 Å². The van der Waals surface area contributed by atoms with Gasteiger partial charge in [0.2, 0.25) is 5.52 Å². The maximum absolute atomic E-state index is 5.19. The SMILES string of the molecule is CC=C[n+]1cccc2cc(OC)ccc21. The van der Waals surface area contributed by atoms with E-state index in [0.717, 1.165) is 5.75 Å². The van der Waals surface area contributed by atoms with Crippen molar-refractivity contribution in [3.05, 3.63) is 42.6 Å². The van der Waals surface area contributed by atoms with E-state index in [1.165, 1.54) is 10.9 Å². The Morgan fingerprint density at radius 1 is 1.27 bits per heavy atom. The van der Waals surface area contributed by atoms with Crippen LogP contribution in [-0.4, -0.2) is 7.11 Å². The minimum absolute atomic E-state index is 0.890. The van der Waals surface area contributed by atoms with E-state index in [0.29, 0.717) is 0 Å². The highest BCUT2D eigenvalue weighted by Crippen LogP contribution is 2.17. The van der Waals surface area contributed by atoms with Crippen molar-refractivity contribution in [2.24, 2.45) is 0 Å². The van der Waals surface area contributed by atoms with Crippen molar-refractivity contribution in [1.82, 2.24) is 0 Å². The van der Waals surface area contributed by atoms with E-state index in [9.17, 15) is 0 Å². The molecule has 76 valence electrons. The van der Waals surface area contributed by atoms with Crippen LogP contribution in [0.4, 0.5) is 0 Å². The second kappa shape index (κ2) is 4.13. The molecule has 0 saturated carbocycles. The number of methoxy groups -OCH3 is 1. The van der Waals surface area contributed by atoms with Crippen LogP contribution in [0.15, 0.2) is 42.6 Å². The molecular weight excluding hydrogens is 186 g/mol. The fourth-order valence-electron chi connectivity index (χ4n) is 1.64. The summed E-state index contributed by atoms with van der Waals surface area (Å²) in [5.41, 5.74) is 1.18. The third kappa shape index (κ3) is 1.84. The molecule has 0 unspecified atom stereocenters. The number of ether oxygens (including phenoxy) is 1. The maximum Gasteiger partial charge on any atom is 0.218 e. The van der Waals surface area contributed by atoms with Crippen molar-refractivity contribution in [2.75, 3.05) is 7.11 Å². The van der Waals surface area contributed by atoms with Gasteiger partial charge in [0.25, 0.3) is 0 Å². The van der Waals surface area contributed by atoms with Crippen molar-refractivity contribution >= 4 is 17.1 Å². The third-order valence-electron chi connectivity index (χ3n) is 2.34. The van der Waals surface area contributed by atoms with E-state index in [1.54, 1.807) is 7.11 Å². The average molecular weight is 200 g/mol. The molecule has 2 aromatic rings. The zero-order chi connectivity index (χ0) is 10.7. The van der Waals surface area contributed by atoms with Crippen molar-refractivity contribution < 1.29 is 9.30 Å². The van der Waals surface area contributed by atoms with Gasteiger partial charge in [-0.2, -0.15) is 4.57 Å². The molecule has 1 heterocycles. The van der Waals surface area contributed by atoms with Crippen LogP contribution in [0.3, 0.4) is 0 Å². The molecule has 0 aliphatic carbocycles. The van der Waals surface area contributed by atoms with Gasteiger partial charge in [0, 0.05) is 12.1 Å². The Kier molecular flexibility index (Phi) is 2.68. The second-order valence-corrected chi connectivity index (χ2v) is 3.32. The van der Waals surface area contributed by atoms with E-state index in [1.807, 2.05) is 43.6 Å². The minimum Gasteiger partial charge on any atom is -0.497 e. The number of hydrogen-bond acceptors (Lipinski definition) is 1. The van der Waals surface area contributed by atoms with Crippen molar-refractivity contribution in [3.63, 3.8) is 0 Å². The zero-order valence-electron chi connectivity index (χ0n) is 8.97. The van der Waals surface area contributed by atoms with Gasteiger partial charge in [0.15, 0.2) is 12.4 Å². The lowest BCUT2D eigenvalue weighted by atomic mass is 10.2. The summed E-state index contributed by atoms with van der Waals surface area (Å²) in [5, 5.41) is 1.18. The fraction of sp³-hybridized carbons (Fsp3) is 0.154. The van der Waals surface area contributed by atoms with Gasteiger partial charge in [-0.1, -0.05) is 0 Å². The Morgan fingerprint density at radius 2 is 2.13 bits per heavy atom. The maximum atomic E-state index is 5.19. The molecule has 0 radical (unpaired) electrons. The van der Waals surface area contributed by atoms with Crippen LogP contribution in [0, 0.1) is 0 Å². The number of fused-ring (bicyclic) bond motifs is 1. The van der Waals surface area contributed by atoms with E-state index < -0.39 is 0 Å². The average Bonchev–Trinajstić information content (AvgIpc) is 2.29. The lowest BCUT2D eigenvalue weighted by Gasteiger charge is -2.00. The molecule has 0 aliphatic rings. The highest BCUT2D eigenvalue weighted by Gasteiger charge is 2.05. The van der Waals surface area contributed by atoms with Crippen LogP contribution in [0.25, 0.3) is 17.1 Å². The first-order chi connectivity index (χ1) is 7.35. The first-order valence-corrected chi connectivity index (χ1v) is 4.96. The highest BCUT2D eigenvalue weighted by molar-refractivity contribution is 5.77. The van der Waals surface area contributed by atoms with E-state index >= 15 is 0 Å². The second-order valence-electron chi connectivity index (χ2n) is 3.32. The number of pyridine rings is 1. The molecule has 15 heavy (non-hydrogen) atoms. The van der Waals surface area contributed by atoms with Gasteiger partial charge >= 0.3 is 0 Å². The van der Waals surface area contributed by atoms with Gasteiger partial charge in [-0.25, -0.2) is 0 Å². The lowest BCUT2D eigenvalue weighted by Crippen LogP contribution is -2.25. The lowest BCUT2D eigenvalue weighted by molar-refractivity contribution is -0.539. The van der Waals surface area contributed by atoms with Crippen molar-refractivity contribution in [1.29, 1.82) is 0 Å². The quantitative estimate of drug-likeness (QED) is 0.679. The number of hydrogen-bond donors (Lipinski definition) is 0. The summed E-state index contributed by atoms with van der Waals surface area (Å²) in [6.07, 6.45) is 6.09. The summed E-state index contributed by atoms with van der Waals surface area (Å²) in [6, 6.07) is 10.2. The summed E-state index contributed by atoms with van der Waals surface area (Å²) < 4.78 is 7.29. The molecule has 0 aliphatic heterocycles. The minimum atomic E-state index is 0.890. The first kappa shape index (κ1) is 9.71. The molecule has 0 spiro atoms. The topological polar surface area (TPSA) is 13.1 Å². The molecule has 2 heteroatoms. The number of rotatable bonds is 2. The molecule has 0 N–H and O–H groups in total. The molecule has 2 nitrogen and oxygen atoms in total. The molecule has 0 fully saturated rings. The normalized spacial score (nSPS) is 11.1. The van der Waals surface area contributed by atoms with Crippen molar-refractivity contribution in [2.45, 2.75) is 6.92 Å². The molecule has 0 bridgehead atoms. The smallest absolute Gasteiger partial charge is 0.218 e. The van der Waals surface area contributed by atoms with Crippen LogP contribution in [0.5, 0.6) is 5.75 Å². The summed E-state index contributed by atoms with van der Waals surface area (Å²) in [6.45, 7) is 2.01.